The number of hydrogen-bond acceptors (Lipinski definition) is 7. The Morgan fingerprint density at radius 1 is 0.706 bits per heavy atom. The number of aromatic hydroxyl groups is 1. The Morgan fingerprint density at radius 3 is 1.78 bits per heavy atom. The first kappa shape index (κ1) is 40.6. The minimum absolute atomic E-state index is 0.0469. The lowest BCUT2D eigenvalue weighted by molar-refractivity contribution is -0.159. The third-order valence-electron chi connectivity index (χ3n) is 8.40. The number of benzene rings is 3. The Hall–Kier alpha value is -4.86. The maximum absolute atomic E-state index is 15.1. The van der Waals surface area contributed by atoms with E-state index in [0.29, 0.717) is 17.5 Å². The van der Waals surface area contributed by atoms with Crippen LogP contribution in [0.2, 0.25) is 0 Å². The van der Waals surface area contributed by atoms with Crippen molar-refractivity contribution in [3.63, 3.8) is 0 Å². The molecular weight excluding hydrogens is 646 g/mol. The van der Waals surface area contributed by atoms with Crippen LogP contribution in [0.5, 0.6) is 5.75 Å². The van der Waals surface area contributed by atoms with Gasteiger partial charge in [0.1, 0.15) is 35.1 Å². The van der Waals surface area contributed by atoms with Crippen LogP contribution in [-0.4, -0.2) is 62.7 Å². The van der Waals surface area contributed by atoms with Crippen molar-refractivity contribution in [2.24, 2.45) is 0 Å². The lowest BCUT2D eigenvalue weighted by atomic mass is 9.89. The van der Waals surface area contributed by atoms with Crippen molar-refractivity contribution >= 4 is 23.9 Å². The number of hydrogen-bond donors (Lipinski definition) is 3. The van der Waals surface area contributed by atoms with Gasteiger partial charge in [0.15, 0.2) is 0 Å². The van der Waals surface area contributed by atoms with Gasteiger partial charge in [-0.25, -0.2) is 9.59 Å². The van der Waals surface area contributed by atoms with Gasteiger partial charge in [0.25, 0.3) is 0 Å². The molecule has 0 aliphatic heterocycles. The van der Waals surface area contributed by atoms with E-state index in [9.17, 15) is 19.5 Å². The number of rotatable bonds is 13. The number of aryl methyl sites for hydroxylation is 1. The monoisotopic (exact) mass is 701 g/mol. The fourth-order valence-electron chi connectivity index (χ4n) is 5.59. The molecule has 276 valence electrons. The molecule has 0 radical (unpaired) electrons. The highest BCUT2D eigenvalue weighted by Gasteiger charge is 2.44. The quantitative estimate of drug-likeness (QED) is 0.164. The fraction of sp³-hybridized carbons (Fsp3) is 0.463. The smallest absolute Gasteiger partial charge is 0.408 e. The summed E-state index contributed by atoms with van der Waals surface area (Å²) in [6, 6.07) is 19.5. The summed E-state index contributed by atoms with van der Waals surface area (Å²) in [7, 11) is 0. The Bertz CT molecular complexity index is 1640. The number of carbonyl (C=O) groups excluding carboxylic acids is 4. The summed E-state index contributed by atoms with van der Waals surface area (Å²) in [5, 5.41) is 15.6. The molecule has 10 nitrogen and oxygen atoms in total. The number of carbonyl (C=O) groups is 4. The van der Waals surface area contributed by atoms with Crippen LogP contribution in [0.1, 0.15) is 97.0 Å². The van der Waals surface area contributed by atoms with Crippen molar-refractivity contribution < 1.29 is 33.8 Å². The zero-order valence-corrected chi connectivity index (χ0v) is 31.7. The number of nitrogens with zero attached hydrogens (tertiary/aromatic N) is 1. The Labute approximate surface area is 302 Å². The molecule has 0 saturated heterocycles. The van der Waals surface area contributed by atoms with Crippen LogP contribution >= 0.6 is 0 Å². The van der Waals surface area contributed by atoms with E-state index >= 15 is 4.79 Å². The minimum Gasteiger partial charge on any atom is -0.508 e. The zero-order chi connectivity index (χ0) is 38.1. The van der Waals surface area contributed by atoms with Crippen LogP contribution in [0.4, 0.5) is 4.79 Å². The van der Waals surface area contributed by atoms with E-state index in [1.807, 2.05) is 70.2 Å². The molecule has 3 amide bonds. The highest BCUT2D eigenvalue weighted by molar-refractivity contribution is 5.94. The summed E-state index contributed by atoms with van der Waals surface area (Å²) in [4.78, 5) is 58.3. The number of nitrogens with one attached hydrogen (secondary N) is 2. The number of phenolic OH excluding ortho intramolecular Hbond substituents is 1. The molecule has 0 aliphatic rings. The molecule has 0 heterocycles. The topological polar surface area (TPSA) is 134 Å². The van der Waals surface area contributed by atoms with Crippen molar-refractivity contribution in [3.05, 3.63) is 101 Å². The maximum Gasteiger partial charge on any atom is 0.408 e. The summed E-state index contributed by atoms with van der Waals surface area (Å²) in [5.74, 6) is -1.65. The molecule has 3 unspecified atom stereocenters. The summed E-state index contributed by atoms with van der Waals surface area (Å²) >= 11 is 0. The van der Waals surface area contributed by atoms with Gasteiger partial charge in [-0.1, -0.05) is 73.7 Å². The van der Waals surface area contributed by atoms with Crippen LogP contribution < -0.4 is 10.6 Å². The van der Waals surface area contributed by atoms with Gasteiger partial charge in [-0.15, -0.1) is 0 Å². The zero-order valence-electron chi connectivity index (χ0n) is 31.7. The molecular formula is C41H55N3O7. The molecule has 10 heteroatoms. The standard InChI is InChI=1S/C41H55N3O7/c1-11-41(9,10)44(36(47)32(43-38(49)51-40(6,7)8)25-29-21-23-30(45)24-22-29)34(31-20-16-15-17-27(31)2)35(46)42-33(37(48)50-39(3,4)5)26-28-18-13-12-14-19-28/h12-24,32-34,45H,11,25-26H2,1-10H3,(H,42,46)(H,43,49). The largest absolute Gasteiger partial charge is 0.508 e. The van der Waals surface area contributed by atoms with E-state index in [2.05, 4.69) is 10.6 Å². The average molecular weight is 702 g/mol. The lowest BCUT2D eigenvalue weighted by Gasteiger charge is -2.45. The van der Waals surface area contributed by atoms with Crippen molar-refractivity contribution in [1.82, 2.24) is 15.5 Å². The number of esters is 1. The van der Waals surface area contributed by atoms with Gasteiger partial charge in [-0.05, 0) is 103 Å². The van der Waals surface area contributed by atoms with Crippen molar-refractivity contribution in [3.8, 4) is 5.75 Å². The molecule has 0 saturated carbocycles. The Kier molecular flexibility index (Phi) is 13.4. The fourth-order valence-corrected chi connectivity index (χ4v) is 5.59. The molecule has 0 aliphatic carbocycles. The van der Waals surface area contributed by atoms with Gasteiger partial charge in [-0.2, -0.15) is 0 Å². The minimum atomic E-state index is -1.21. The highest BCUT2D eigenvalue weighted by Crippen LogP contribution is 2.34. The normalized spacial score (nSPS) is 13.7. The molecule has 0 fully saturated rings. The van der Waals surface area contributed by atoms with Crippen LogP contribution in [0, 0.1) is 6.92 Å². The van der Waals surface area contributed by atoms with Crippen LogP contribution in [0.25, 0.3) is 0 Å². The van der Waals surface area contributed by atoms with E-state index in [4.69, 9.17) is 9.47 Å². The second-order valence-corrected chi connectivity index (χ2v) is 15.5. The second-order valence-electron chi connectivity index (χ2n) is 15.5. The number of ether oxygens (including phenoxy) is 2. The SMILES string of the molecule is CCC(C)(C)N(C(=O)C(Cc1ccc(O)cc1)NC(=O)OC(C)(C)C)C(C(=O)NC(Cc1ccccc1)C(=O)OC(C)(C)C)c1ccccc1C. The summed E-state index contributed by atoms with van der Waals surface area (Å²) in [5.41, 5.74) is 0.234. The summed E-state index contributed by atoms with van der Waals surface area (Å²) in [6.45, 7) is 18.0. The third kappa shape index (κ3) is 12.2. The van der Waals surface area contributed by atoms with E-state index < -0.39 is 58.7 Å². The van der Waals surface area contributed by atoms with Gasteiger partial charge in [0, 0.05) is 18.4 Å². The lowest BCUT2D eigenvalue weighted by Crippen LogP contribution is -2.61. The van der Waals surface area contributed by atoms with E-state index in [1.54, 1.807) is 65.8 Å². The van der Waals surface area contributed by atoms with Crippen LogP contribution in [0.3, 0.4) is 0 Å². The number of amides is 3. The summed E-state index contributed by atoms with van der Waals surface area (Å²) in [6.07, 6.45) is -0.132. The molecule has 0 aromatic heterocycles. The van der Waals surface area contributed by atoms with Gasteiger partial charge in [-0.3, -0.25) is 9.59 Å². The number of alkyl carbamates (subject to hydrolysis) is 1. The van der Waals surface area contributed by atoms with Crippen LogP contribution in [-0.2, 0) is 36.7 Å². The summed E-state index contributed by atoms with van der Waals surface area (Å²) < 4.78 is 11.3. The van der Waals surface area contributed by atoms with Gasteiger partial charge in [0.2, 0.25) is 11.8 Å². The average Bonchev–Trinajstić information content (AvgIpc) is 3.02. The Balaban J connectivity index is 2.18. The van der Waals surface area contributed by atoms with Gasteiger partial charge < -0.3 is 30.1 Å². The molecule has 3 aromatic rings. The first-order valence-corrected chi connectivity index (χ1v) is 17.4. The second kappa shape index (κ2) is 16.9. The molecule has 51 heavy (non-hydrogen) atoms. The first-order chi connectivity index (χ1) is 23.7. The van der Waals surface area contributed by atoms with Gasteiger partial charge >= 0.3 is 12.1 Å². The molecule has 3 N–H and O–H groups in total. The Morgan fingerprint density at radius 2 is 1.24 bits per heavy atom. The van der Waals surface area contributed by atoms with Crippen molar-refractivity contribution in [1.29, 1.82) is 0 Å². The molecule has 3 rings (SSSR count). The molecule has 3 atom stereocenters. The highest BCUT2D eigenvalue weighted by atomic mass is 16.6. The van der Waals surface area contributed by atoms with Gasteiger partial charge in [0.05, 0.1) is 0 Å². The molecule has 0 bridgehead atoms. The predicted molar refractivity (Wildman–Crippen MR) is 198 cm³/mol. The molecule has 0 spiro atoms. The van der Waals surface area contributed by atoms with Crippen LogP contribution in [0.15, 0.2) is 78.9 Å². The van der Waals surface area contributed by atoms with Crippen molar-refractivity contribution in [2.75, 3.05) is 0 Å². The van der Waals surface area contributed by atoms with E-state index in [0.717, 1.165) is 11.1 Å². The van der Waals surface area contributed by atoms with E-state index in [1.165, 1.54) is 17.0 Å². The number of phenols is 1. The molecule has 3 aromatic carbocycles. The third-order valence-corrected chi connectivity index (χ3v) is 8.40. The maximum atomic E-state index is 15.1. The first-order valence-electron chi connectivity index (χ1n) is 17.4. The van der Waals surface area contributed by atoms with Crippen molar-refractivity contribution in [2.45, 2.75) is 123 Å². The van der Waals surface area contributed by atoms with E-state index in [-0.39, 0.29) is 18.6 Å². The predicted octanol–water partition coefficient (Wildman–Crippen LogP) is 6.96.